The van der Waals surface area contributed by atoms with E-state index in [-0.39, 0.29) is 12.4 Å². The lowest BCUT2D eigenvalue weighted by atomic mass is 9.87. The third-order valence-corrected chi connectivity index (χ3v) is 4.80. The van der Waals surface area contributed by atoms with E-state index in [1.165, 1.54) is 20.0 Å². The van der Waals surface area contributed by atoms with Crippen molar-refractivity contribution in [3.05, 3.63) is 11.1 Å². The summed E-state index contributed by atoms with van der Waals surface area (Å²) in [4.78, 5) is 18.1. The van der Waals surface area contributed by atoms with Crippen LogP contribution in [0.25, 0.3) is 0 Å². The summed E-state index contributed by atoms with van der Waals surface area (Å²) < 4.78 is 4.66. The second-order valence-electron chi connectivity index (χ2n) is 5.44. The van der Waals surface area contributed by atoms with Gasteiger partial charge in [0.15, 0.2) is 5.13 Å². The molecule has 0 bridgehead atoms. The van der Waals surface area contributed by atoms with E-state index < -0.39 is 0 Å². The summed E-state index contributed by atoms with van der Waals surface area (Å²) in [5.41, 5.74) is 0.817. The highest BCUT2D eigenvalue weighted by Gasteiger charge is 2.23. The van der Waals surface area contributed by atoms with Crippen LogP contribution in [0.1, 0.15) is 32.4 Å². The molecule has 0 amide bonds. The quantitative estimate of drug-likeness (QED) is 0.796. The summed E-state index contributed by atoms with van der Waals surface area (Å²) in [6.07, 6.45) is 2.75. The molecule has 1 aromatic rings. The van der Waals surface area contributed by atoms with Gasteiger partial charge in [0.1, 0.15) is 0 Å². The zero-order valence-corrected chi connectivity index (χ0v) is 12.7. The highest BCUT2D eigenvalue weighted by molar-refractivity contribution is 7.13. The van der Waals surface area contributed by atoms with E-state index in [4.69, 9.17) is 0 Å². The molecule has 5 heteroatoms. The van der Waals surface area contributed by atoms with Crippen molar-refractivity contribution in [3.63, 3.8) is 0 Å². The van der Waals surface area contributed by atoms with Crippen LogP contribution in [0.3, 0.4) is 0 Å². The van der Waals surface area contributed by atoms with Crippen molar-refractivity contribution >= 4 is 22.4 Å². The van der Waals surface area contributed by atoms with E-state index in [2.05, 4.69) is 28.5 Å². The normalized spacial score (nSPS) is 16.9. The van der Waals surface area contributed by atoms with E-state index in [1.807, 2.05) is 5.38 Å². The number of ether oxygens (including phenoxy) is 1. The molecule has 1 fully saturated rings. The molecule has 1 saturated heterocycles. The molecule has 0 saturated carbocycles. The highest BCUT2D eigenvalue weighted by atomic mass is 32.1. The molecule has 2 heterocycles. The second kappa shape index (κ2) is 6.37. The minimum absolute atomic E-state index is 0.227. The Bertz CT molecular complexity index is 423. The lowest BCUT2D eigenvalue weighted by Crippen LogP contribution is -2.35. The van der Waals surface area contributed by atoms with Crippen LogP contribution in [0.15, 0.2) is 5.38 Å². The lowest BCUT2D eigenvalue weighted by Gasteiger charge is -2.33. The SMILES string of the molecule is COC(=O)Cc1csc(N2CCC(C(C)C)CC2)n1. The summed E-state index contributed by atoms with van der Waals surface area (Å²) in [7, 11) is 1.41. The fourth-order valence-electron chi connectivity index (χ4n) is 2.50. The summed E-state index contributed by atoms with van der Waals surface area (Å²) in [6.45, 7) is 6.76. The molecule has 4 nitrogen and oxygen atoms in total. The zero-order valence-electron chi connectivity index (χ0n) is 11.9. The number of nitrogens with zero attached hydrogens (tertiary/aromatic N) is 2. The number of carbonyl (C=O) groups excluding carboxylic acids is 1. The van der Waals surface area contributed by atoms with Gasteiger partial charge in [-0.05, 0) is 24.7 Å². The van der Waals surface area contributed by atoms with Gasteiger partial charge in [0.25, 0.3) is 0 Å². The Kier molecular flexibility index (Phi) is 4.80. The predicted octanol–water partition coefficient (Wildman–Crippen LogP) is 2.73. The number of aromatic nitrogens is 1. The van der Waals surface area contributed by atoms with Crippen LogP contribution in [0.5, 0.6) is 0 Å². The largest absolute Gasteiger partial charge is 0.469 e. The van der Waals surface area contributed by atoms with E-state index in [0.29, 0.717) is 0 Å². The maximum absolute atomic E-state index is 11.2. The molecule has 1 aromatic heterocycles. The molecule has 0 aliphatic carbocycles. The van der Waals surface area contributed by atoms with E-state index in [1.54, 1.807) is 11.3 Å². The Morgan fingerprint density at radius 2 is 2.21 bits per heavy atom. The topological polar surface area (TPSA) is 42.4 Å². The average Bonchev–Trinajstić information content (AvgIpc) is 2.87. The number of anilines is 1. The summed E-state index contributed by atoms with van der Waals surface area (Å²) in [5, 5.41) is 3.00. The van der Waals surface area contributed by atoms with Crippen LogP contribution in [-0.2, 0) is 16.0 Å². The number of methoxy groups -OCH3 is 1. The molecule has 0 radical (unpaired) electrons. The van der Waals surface area contributed by atoms with Gasteiger partial charge in [-0.25, -0.2) is 4.98 Å². The molecule has 0 aromatic carbocycles. The second-order valence-corrected chi connectivity index (χ2v) is 6.28. The minimum Gasteiger partial charge on any atom is -0.469 e. The Hall–Kier alpha value is -1.10. The maximum atomic E-state index is 11.2. The molecule has 2 rings (SSSR count). The van der Waals surface area contributed by atoms with Gasteiger partial charge in [0.2, 0.25) is 0 Å². The highest BCUT2D eigenvalue weighted by Crippen LogP contribution is 2.29. The van der Waals surface area contributed by atoms with Crippen molar-refractivity contribution in [2.24, 2.45) is 11.8 Å². The van der Waals surface area contributed by atoms with Gasteiger partial charge in [0, 0.05) is 18.5 Å². The first-order chi connectivity index (χ1) is 9.10. The van der Waals surface area contributed by atoms with E-state index >= 15 is 0 Å². The average molecular weight is 282 g/mol. The Morgan fingerprint density at radius 1 is 1.53 bits per heavy atom. The first kappa shape index (κ1) is 14.3. The first-order valence-corrected chi connectivity index (χ1v) is 7.74. The van der Waals surface area contributed by atoms with Gasteiger partial charge in [0.05, 0.1) is 19.2 Å². The van der Waals surface area contributed by atoms with Crippen LogP contribution < -0.4 is 4.90 Å². The zero-order chi connectivity index (χ0) is 13.8. The van der Waals surface area contributed by atoms with Crippen LogP contribution in [0, 0.1) is 11.8 Å². The smallest absolute Gasteiger partial charge is 0.311 e. The van der Waals surface area contributed by atoms with Crippen molar-refractivity contribution in [2.75, 3.05) is 25.1 Å². The van der Waals surface area contributed by atoms with Gasteiger partial charge in [-0.2, -0.15) is 0 Å². The number of piperidine rings is 1. The van der Waals surface area contributed by atoms with Crippen molar-refractivity contribution in [1.29, 1.82) is 0 Å². The molecule has 19 heavy (non-hydrogen) atoms. The minimum atomic E-state index is -0.227. The Labute approximate surface area is 118 Å². The van der Waals surface area contributed by atoms with Crippen LogP contribution in [0.4, 0.5) is 5.13 Å². The van der Waals surface area contributed by atoms with E-state index in [0.717, 1.165) is 35.8 Å². The van der Waals surface area contributed by atoms with E-state index in [9.17, 15) is 4.79 Å². The summed E-state index contributed by atoms with van der Waals surface area (Å²) >= 11 is 1.63. The number of thiazole rings is 1. The summed E-state index contributed by atoms with van der Waals surface area (Å²) in [6, 6.07) is 0. The van der Waals surface area contributed by atoms with Crippen molar-refractivity contribution in [1.82, 2.24) is 4.98 Å². The molecule has 1 aliphatic heterocycles. The van der Waals surface area contributed by atoms with Gasteiger partial charge >= 0.3 is 5.97 Å². The lowest BCUT2D eigenvalue weighted by molar-refractivity contribution is -0.139. The fraction of sp³-hybridized carbons (Fsp3) is 0.714. The number of esters is 1. The fourth-order valence-corrected chi connectivity index (χ4v) is 3.38. The molecule has 0 N–H and O–H groups in total. The van der Waals surface area contributed by atoms with Crippen LogP contribution in [0.2, 0.25) is 0 Å². The summed E-state index contributed by atoms with van der Waals surface area (Å²) in [5.74, 6) is 1.38. The monoisotopic (exact) mass is 282 g/mol. The number of hydrogen-bond acceptors (Lipinski definition) is 5. The van der Waals surface area contributed by atoms with Crippen LogP contribution >= 0.6 is 11.3 Å². The van der Waals surface area contributed by atoms with Crippen molar-refractivity contribution < 1.29 is 9.53 Å². The predicted molar refractivity (Wildman–Crippen MR) is 77.6 cm³/mol. The van der Waals surface area contributed by atoms with Crippen molar-refractivity contribution in [2.45, 2.75) is 33.1 Å². The molecule has 106 valence electrons. The van der Waals surface area contributed by atoms with Crippen molar-refractivity contribution in [3.8, 4) is 0 Å². The molecule has 0 unspecified atom stereocenters. The standard InChI is InChI=1S/C14H22N2O2S/c1-10(2)11-4-6-16(7-5-11)14-15-12(9-19-14)8-13(17)18-3/h9-11H,4-8H2,1-3H3. The molecule has 0 spiro atoms. The number of rotatable bonds is 4. The first-order valence-electron chi connectivity index (χ1n) is 6.86. The molecular weight excluding hydrogens is 260 g/mol. The van der Waals surface area contributed by atoms with Gasteiger partial charge in [-0.3, -0.25) is 4.79 Å². The molecular formula is C14H22N2O2S. The molecule has 1 aliphatic rings. The third-order valence-electron chi connectivity index (χ3n) is 3.85. The Balaban J connectivity index is 1.91. The van der Waals surface area contributed by atoms with Gasteiger partial charge in [-0.15, -0.1) is 11.3 Å². The number of hydrogen-bond donors (Lipinski definition) is 0. The molecule has 0 atom stereocenters. The third kappa shape index (κ3) is 3.69. The van der Waals surface area contributed by atoms with Crippen LogP contribution in [-0.4, -0.2) is 31.2 Å². The Morgan fingerprint density at radius 3 is 2.79 bits per heavy atom. The number of carbonyl (C=O) groups is 1. The maximum Gasteiger partial charge on any atom is 0.311 e. The van der Waals surface area contributed by atoms with Gasteiger partial charge < -0.3 is 9.64 Å². The van der Waals surface area contributed by atoms with Gasteiger partial charge in [-0.1, -0.05) is 13.8 Å².